The van der Waals surface area contributed by atoms with Crippen molar-refractivity contribution < 1.29 is 32.3 Å². The minimum absolute atomic E-state index is 0.158. The highest BCUT2D eigenvalue weighted by atomic mass is 32.2. The lowest BCUT2D eigenvalue weighted by atomic mass is 9.78. The summed E-state index contributed by atoms with van der Waals surface area (Å²) in [7, 11) is 3.65. The number of ketones is 1. The maximum absolute atomic E-state index is 13.2. The lowest BCUT2D eigenvalue weighted by Crippen LogP contribution is -2.40. The molecule has 328 valence electrons. The number of nitrogens with one attached hydrogen (secondary N) is 2. The van der Waals surface area contributed by atoms with Gasteiger partial charge in [0.1, 0.15) is 5.78 Å². The molecule has 0 spiro atoms. The predicted molar refractivity (Wildman–Crippen MR) is 234 cm³/mol. The number of hydrogen-bond donors (Lipinski definition) is 4. The first kappa shape index (κ1) is 57.6. The van der Waals surface area contributed by atoms with Gasteiger partial charge < -0.3 is 27.0 Å². The summed E-state index contributed by atoms with van der Waals surface area (Å²) in [6, 6.07) is 8.83. The highest BCUT2D eigenvalue weighted by Crippen LogP contribution is 2.31. The minimum atomic E-state index is -4.41. The second-order valence-corrected chi connectivity index (χ2v) is 17.5. The molecule has 5 atom stereocenters. The van der Waals surface area contributed by atoms with Gasteiger partial charge in [0, 0.05) is 31.6 Å². The molecule has 57 heavy (non-hydrogen) atoms. The molecule has 3 amide bonds. The zero-order valence-corrected chi connectivity index (χ0v) is 38.1. The van der Waals surface area contributed by atoms with Crippen molar-refractivity contribution in [3.8, 4) is 0 Å². The van der Waals surface area contributed by atoms with E-state index in [-0.39, 0.29) is 41.9 Å². The Bertz CT molecular complexity index is 1370. The Morgan fingerprint density at radius 2 is 1.44 bits per heavy atom. The first-order chi connectivity index (χ1) is 26.1. The third-order valence-electron chi connectivity index (χ3n) is 8.84. The highest BCUT2D eigenvalue weighted by Gasteiger charge is 2.32. The number of thioether (sulfide) groups is 1. The number of carbonyl (C=O) groups excluding carboxylic acids is 4. The van der Waals surface area contributed by atoms with E-state index in [0.717, 1.165) is 18.4 Å². The Hall–Kier alpha value is -3.74. The van der Waals surface area contributed by atoms with Crippen LogP contribution in [0.2, 0.25) is 0 Å². The zero-order chi connectivity index (χ0) is 45.3. The lowest BCUT2D eigenvalue weighted by Gasteiger charge is -2.28. The Balaban J connectivity index is -0.00000126. The average Bonchev–Trinajstić information content (AvgIpc) is 3.08. The van der Waals surface area contributed by atoms with E-state index in [1.807, 2.05) is 44.4 Å². The fraction of sp³-hybridized carbons (Fsp3) is 0.636. The molecule has 0 aliphatic heterocycles. The molecule has 0 heterocycles. The van der Waals surface area contributed by atoms with Gasteiger partial charge in [0.05, 0.1) is 23.6 Å². The van der Waals surface area contributed by atoms with Crippen LogP contribution >= 0.6 is 11.8 Å². The van der Waals surface area contributed by atoms with Crippen molar-refractivity contribution in [1.82, 2.24) is 15.5 Å². The molecular formula is C44H76F3N5O4S. The van der Waals surface area contributed by atoms with E-state index < -0.39 is 23.3 Å². The Labute approximate surface area is 347 Å². The Morgan fingerprint density at radius 3 is 1.77 bits per heavy atom. The van der Waals surface area contributed by atoms with Gasteiger partial charge in [0.2, 0.25) is 18.2 Å². The summed E-state index contributed by atoms with van der Waals surface area (Å²) in [5.41, 5.74) is 11.9. The first-order valence-corrected chi connectivity index (χ1v) is 20.5. The minimum Gasteiger partial charge on any atom is -0.403 e. The van der Waals surface area contributed by atoms with Crippen LogP contribution in [0, 0.1) is 35.0 Å². The van der Waals surface area contributed by atoms with Crippen LogP contribution < -0.4 is 22.1 Å². The van der Waals surface area contributed by atoms with Gasteiger partial charge in [-0.1, -0.05) is 118 Å². The number of rotatable bonds is 18. The van der Waals surface area contributed by atoms with Crippen molar-refractivity contribution >= 4 is 35.8 Å². The van der Waals surface area contributed by atoms with Gasteiger partial charge in [-0.05, 0) is 73.6 Å². The number of likely N-dealkylation sites (N-methyl/N-ethyl adjacent to an activating group) is 1. The van der Waals surface area contributed by atoms with Crippen LogP contribution in [0.25, 0.3) is 0 Å². The van der Waals surface area contributed by atoms with Gasteiger partial charge in [-0.2, -0.15) is 13.2 Å². The quantitative estimate of drug-likeness (QED) is 0.0655. The maximum atomic E-state index is 13.2. The number of hydrogen-bond acceptors (Lipinski definition) is 7. The van der Waals surface area contributed by atoms with Crippen LogP contribution in [0.5, 0.6) is 0 Å². The first-order valence-electron chi connectivity index (χ1n) is 19.5. The van der Waals surface area contributed by atoms with E-state index >= 15 is 0 Å². The summed E-state index contributed by atoms with van der Waals surface area (Å²) in [5.74, 6) is -0.411. The van der Waals surface area contributed by atoms with E-state index in [4.69, 9.17) is 10.5 Å². The van der Waals surface area contributed by atoms with Gasteiger partial charge >= 0.3 is 6.18 Å². The molecule has 0 aliphatic carbocycles. The SMILES string of the molecule is C=C(C(NC(=O)CC(=CC)C(NC(=O)C(C)C[C@H](CC)C(C)C)SCC(F)(F)F)c1ccccc1)N(C)C.C=C(C)N.CC(=O)C(CC(C)(C)C)C(C)C.NC=O. The molecule has 0 radical (unpaired) electrons. The molecule has 1 aromatic carbocycles. The van der Waals surface area contributed by atoms with Crippen LogP contribution in [0.1, 0.15) is 120 Å². The molecule has 0 fully saturated rings. The molecule has 9 nitrogen and oxygen atoms in total. The van der Waals surface area contributed by atoms with Gasteiger partial charge in [0.25, 0.3) is 0 Å². The third kappa shape index (κ3) is 29.2. The molecule has 4 unspecified atom stereocenters. The summed E-state index contributed by atoms with van der Waals surface area (Å²) in [6.45, 7) is 31.4. The van der Waals surface area contributed by atoms with Crippen LogP contribution in [-0.4, -0.2) is 60.3 Å². The van der Waals surface area contributed by atoms with Crippen molar-refractivity contribution in [3.63, 3.8) is 0 Å². The number of nitrogens with two attached hydrogens (primary N) is 2. The summed E-state index contributed by atoms with van der Waals surface area (Å²) in [4.78, 5) is 47.8. The molecule has 0 aliphatic rings. The smallest absolute Gasteiger partial charge is 0.397 e. The standard InChI is InChI=1S/C29H44F3N3O2S.C11H22O.C3H7N.CH3NO/c1-9-22(19(3)4)16-20(5)27(37)34-28(38-18-29(30,31)32)23(10-2)17-25(36)33-26(21(6)35(7)8)24-14-12-11-13-15-24;1-8(2)10(9(3)12)7-11(4,5)6;1-3(2)4;2-1-3/h10-15,19-20,22,26,28H,6,9,16-18H2,1-5,7-8H3,(H,33,36)(H,34,37);8,10H,7H2,1-6H3;1,4H2,2H3;1H,(H2,2,3)/t20?,22-,26?,28?;;;/m0.../s1. The van der Waals surface area contributed by atoms with E-state index in [1.54, 1.807) is 38.7 Å². The highest BCUT2D eigenvalue weighted by molar-refractivity contribution is 8.00. The summed E-state index contributed by atoms with van der Waals surface area (Å²) >= 11 is 0.575. The van der Waals surface area contributed by atoms with Crippen molar-refractivity contribution in [2.45, 2.75) is 126 Å². The number of allylic oxidation sites excluding steroid dienone is 2. The van der Waals surface area contributed by atoms with Gasteiger partial charge in [0.15, 0.2) is 0 Å². The largest absolute Gasteiger partial charge is 0.403 e. The third-order valence-corrected chi connectivity index (χ3v) is 10.1. The van der Waals surface area contributed by atoms with Crippen LogP contribution in [0.4, 0.5) is 13.2 Å². The molecule has 0 saturated heterocycles. The number of amides is 3. The van der Waals surface area contributed by atoms with E-state index in [9.17, 15) is 27.6 Å². The molecule has 0 saturated carbocycles. The lowest BCUT2D eigenvalue weighted by molar-refractivity contribution is -0.125. The van der Waals surface area contributed by atoms with Crippen molar-refractivity contribution in [2.24, 2.45) is 46.5 Å². The van der Waals surface area contributed by atoms with Crippen molar-refractivity contribution in [3.05, 3.63) is 72.1 Å². The zero-order valence-electron chi connectivity index (χ0n) is 37.3. The normalized spacial score (nSPS) is 14.1. The van der Waals surface area contributed by atoms with Crippen LogP contribution in [-0.2, 0) is 19.2 Å². The van der Waals surface area contributed by atoms with Gasteiger partial charge in [-0.3, -0.25) is 19.2 Å². The maximum Gasteiger partial charge on any atom is 0.397 e. The monoisotopic (exact) mass is 828 g/mol. The molecule has 6 N–H and O–H groups in total. The number of benzene rings is 1. The summed E-state index contributed by atoms with van der Waals surface area (Å²) in [6.07, 6.45) is -0.141. The van der Waals surface area contributed by atoms with Crippen LogP contribution in [0.15, 0.2) is 66.5 Å². The number of Topliss-reactive ketones (excluding diaryl/α,β-unsaturated/α-hetero) is 1. The van der Waals surface area contributed by atoms with E-state index in [0.29, 0.717) is 58.7 Å². The van der Waals surface area contributed by atoms with Crippen molar-refractivity contribution in [2.75, 3.05) is 19.8 Å². The average molecular weight is 828 g/mol. The number of nitrogens with zero attached hydrogens (tertiary/aromatic N) is 1. The number of halogens is 3. The van der Waals surface area contributed by atoms with Gasteiger partial charge in [-0.25, -0.2) is 0 Å². The summed E-state index contributed by atoms with van der Waals surface area (Å²) in [5, 5.41) is 4.78. The molecule has 0 bridgehead atoms. The van der Waals surface area contributed by atoms with Crippen molar-refractivity contribution in [1.29, 1.82) is 0 Å². The number of alkyl halides is 3. The van der Waals surface area contributed by atoms with E-state index in [2.05, 4.69) is 84.9 Å². The Kier molecular flexibility index (Phi) is 29.8. The molecule has 0 aromatic heterocycles. The number of carbonyl (C=O) groups is 4. The fourth-order valence-electron chi connectivity index (χ4n) is 5.68. The summed E-state index contributed by atoms with van der Waals surface area (Å²) < 4.78 is 39.4. The van der Waals surface area contributed by atoms with Crippen LogP contribution in [0.3, 0.4) is 0 Å². The number of primary amides is 1. The topological polar surface area (TPSA) is 148 Å². The van der Waals surface area contributed by atoms with E-state index in [1.165, 1.54) is 0 Å². The molecule has 1 rings (SSSR count). The molecule has 1 aromatic rings. The fourth-order valence-corrected chi connectivity index (χ4v) is 6.67. The predicted octanol–water partition coefficient (Wildman–Crippen LogP) is 9.57. The molecule has 13 heteroatoms. The second-order valence-electron chi connectivity index (χ2n) is 16.4. The Morgan fingerprint density at radius 1 is 0.947 bits per heavy atom. The second kappa shape index (κ2) is 29.5. The molecular weight excluding hydrogens is 752 g/mol. The van der Waals surface area contributed by atoms with Gasteiger partial charge in [-0.15, -0.1) is 11.8 Å².